The van der Waals surface area contributed by atoms with E-state index in [1.54, 1.807) is 23.3 Å². The molecule has 0 radical (unpaired) electrons. The smallest absolute Gasteiger partial charge is 0.338 e. The number of esters is 1. The zero-order valence-electron chi connectivity index (χ0n) is 26.6. The van der Waals surface area contributed by atoms with Crippen molar-refractivity contribution in [3.63, 3.8) is 0 Å². The van der Waals surface area contributed by atoms with Crippen molar-refractivity contribution in [3.05, 3.63) is 150 Å². The lowest BCUT2D eigenvalue weighted by molar-refractivity contribution is -0.138. The molecule has 0 fully saturated rings. The van der Waals surface area contributed by atoms with Crippen molar-refractivity contribution in [2.24, 2.45) is 4.99 Å². The molecular weight excluding hydrogens is 664 g/mol. The van der Waals surface area contributed by atoms with Gasteiger partial charge in [0.05, 0.1) is 35.1 Å². The quantitative estimate of drug-likeness (QED) is 0.107. The van der Waals surface area contributed by atoms with Crippen LogP contribution in [0.4, 0.5) is 0 Å². The van der Waals surface area contributed by atoms with Gasteiger partial charge in [-0.2, -0.15) is 0 Å². The van der Waals surface area contributed by atoms with Crippen molar-refractivity contribution >= 4 is 52.4 Å². The number of halogens is 1. The van der Waals surface area contributed by atoms with Gasteiger partial charge in [-0.25, -0.2) is 9.79 Å². The number of rotatable bonds is 11. The molecule has 1 aliphatic rings. The Hall–Kier alpha value is -4.57. The fraction of sp³-hybridized carbons (Fsp3) is 0.184. The van der Waals surface area contributed by atoms with E-state index in [1.165, 1.54) is 11.3 Å². The van der Waals surface area contributed by atoms with E-state index in [0.29, 0.717) is 50.3 Å². The van der Waals surface area contributed by atoms with Gasteiger partial charge in [-0.3, -0.25) is 9.36 Å². The number of carbonyl (C=O) groups is 1. The Balaban J connectivity index is 1.47. The maximum atomic E-state index is 14.3. The lowest BCUT2D eigenvalue weighted by atomic mass is 9.93. The van der Waals surface area contributed by atoms with Gasteiger partial charge in [0.15, 0.2) is 16.3 Å². The van der Waals surface area contributed by atoms with Crippen LogP contribution in [0, 0.1) is 0 Å². The first kappa shape index (κ1) is 33.3. The highest BCUT2D eigenvalue weighted by atomic mass is 35.5. The van der Waals surface area contributed by atoms with E-state index in [2.05, 4.69) is 0 Å². The predicted octanol–water partition coefficient (Wildman–Crippen LogP) is 7.29. The fourth-order valence-electron chi connectivity index (χ4n) is 5.44. The average molecular weight is 697 g/mol. The molecule has 1 atom stereocenters. The van der Waals surface area contributed by atoms with E-state index in [0.717, 1.165) is 27.1 Å². The molecule has 0 amide bonds. The third kappa shape index (κ3) is 7.13. The van der Waals surface area contributed by atoms with Crippen LogP contribution in [0.1, 0.15) is 42.1 Å². The van der Waals surface area contributed by atoms with Crippen LogP contribution in [-0.4, -0.2) is 30.0 Å². The summed E-state index contributed by atoms with van der Waals surface area (Å²) >= 11 is 8.92. The second kappa shape index (κ2) is 15.1. The van der Waals surface area contributed by atoms with E-state index in [4.69, 9.17) is 30.8 Å². The molecule has 2 heterocycles. The number of fused-ring (bicyclic) bond motifs is 1. The van der Waals surface area contributed by atoms with Gasteiger partial charge in [0, 0.05) is 15.5 Å². The molecule has 0 N–H and O–H groups in total. The Labute approximate surface area is 291 Å². The third-order valence-corrected chi connectivity index (χ3v) is 9.66. The summed E-state index contributed by atoms with van der Waals surface area (Å²) in [6, 6.07) is 29.7. The molecule has 6 rings (SSSR count). The molecule has 0 unspecified atom stereocenters. The van der Waals surface area contributed by atoms with Crippen LogP contribution in [0.5, 0.6) is 11.5 Å². The van der Waals surface area contributed by atoms with Gasteiger partial charge in [-0.1, -0.05) is 83.6 Å². The normalized spacial score (nSPS) is 14.3. The second-order valence-electron chi connectivity index (χ2n) is 10.8. The van der Waals surface area contributed by atoms with E-state index < -0.39 is 12.0 Å². The van der Waals surface area contributed by atoms with Crippen molar-refractivity contribution < 1.29 is 19.0 Å². The van der Waals surface area contributed by atoms with E-state index in [9.17, 15) is 9.59 Å². The first-order valence-electron chi connectivity index (χ1n) is 15.5. The van der Waals surface area contributed by atoms with Gasteiger partial charge in [0.1, 0.15) is 6.61 Å². The van der Waals surface area contributed by atoms with Crippen molar-refractivity contribution in [2.45, 2.75) is 31.4 Å². The molecule has 5 aromatic rings. The van der Waals surface area contributed by atoms with Gasteiger partial charge in [0.25, 0.3) is 5.56 Å². The van der Waals surface area contributed by atoms with Crippen LogP contribution >= 0.6 is 34.7 Å². The zero-order valence-corrected chi connectivity index (χ0v) is 29.0. The van der Waals surface area contributed by atoms with E-state index >= 15 is 0 Å². The maximum absolute atomic E-state index is 14.3. The van der Waals surface area contributed by atoms with Crippen molar-refractivity contribution in [3.8, 4) is 11.5 Å². The highest BCUT2D eigenvalue weighted by Gasteiger charge is 2.35. The molecule has 0 bridgehead atoms. The number of benzene rings is 4. The Morgan fingerprint density at radius 2 is 1.69 bits per heavy atom. The molecule has 4 aromatic carbocycles. The zero-order chi connectivity index (χ0) is 33.6. The number of hydrogen-bond acceptors (Lipinski definition) is 8. The standard InChI is InChI=1S/C38H33ClN2O5S2/c1-4-44-31-21-25(13-20-30(31)46-23-24-11-16-28(39)17-12-24)22-32-36(42)41-35(27-14-18-29(47-3)19-15-27)33(37(43)45-5-2)34(40-38(41)48-32)26-9-7-6-8-10-26/h6-22,35H,4-5,23H2,1-3H3/b32-22-/t35-/m0/s1. The molecule has 48 heavy (non-hydrogen) atoms. The first-order valence-corrected chi connectivity index (χ1v) is 17.9. The lowest BCUT2D eigenvalue weighted by Crippen LogP contribution is -2.40. The molecule has 0 saturated heterocycles. The molecule has 244 valence electrons. The minimum absolute atomic E-state index is 0.189. The molecule has 1 aromatic heterocycles. The number of thioether (sulfide) groups is 1. The highest BCUT2D eigenvalue weighted by molar-refractivity contribution is 7.98. The fourth-order valence-corrected chi connectivity index (χ4v) is 6.97. The largest absolute Gasteiger partial charge is 0.490 e. The van der Waals surface area contributed by atoms with Crippen LogP contribution in [0.3, 0.4) is 0 Å². The number of hydrogen-bond donors (Lipinski definition) is 0. The van der Waals surface area contributed by atoms with Crippen LogP contribution < -0.4 is 24.4 Å². The summed E-state index contributed by atoms with van der Waals surface area (Å²) in [4.78, 5) is 34.5. The molecular formula is C38H33ClN2O5S2. The van der Waals surface area contributed by atoms with Gasteiger partial charge >= 0.3 is 5.97 Å². The number of thiazole rings is 1. The maximum Gasteiger partial charge on any atom is 0.338 e. The summed E-state index contributed by atoms with van der Waals surface area (Å²) in [5.41, 5.74) is 3.83. The van der Waals surface area contributed by atoms with Crippen molar-refractivity contribution in [1.82, 2.24) is 4.57 Å². The SMILES string of the molecule is CCOC(=O)C1=C(c2ccccc2)N=c2s/c(=C\c3ccc(OCc4ccc(Cl)cc4)c(OCC)c3)c(=O)n2[C@H]1c1ccc(SC)cc1. The molecule has 1 aliphatic heterocycles. The molecule has 0 saturated carbocycles. The van der Waals surface area contributed by atoms with Crippen LogP contribution in [-0.2, 0) is 16.1 Å². The molecule has 0 aliphatic carbocycles. The summed E-state index contributed by atoms with van der Waals surface area (Å²) in [6.07, 6.45) is 3.82. The first-order chi connectivity index (χ1) is 23.4. The number of ether oxygens (including phenoxy) is 3. The van der Waals surface area contributed by atoms with Crippen LogP contribution in [0.25, 0.3) is 11.8 Å². The van der Waals surface area contributed by atoms with Gasteiger partial charge < -0.3 is 14.2 Å². The summed E-state index contributed by atoms with van der Waals surface area (Å²) < 4.78 is 19.7. The molecule has 10 heteroatoms. The minimum Gasteiger partial charge on any atom is -0.490 e. The average Bonchev–Trinajstić information content (AvgIpc) is 3.42. The predicted molar refractivity (Wildman–Crippen MR) is 193 cm³/mol. The molecule has 0 spiro atoms. The Bertz CT molecular complexity index is 2140. The van der Waals surface area contributed by atoms with Crippen LogP contribution in [0.15, 0.2) is 117 Å². The number of nitrogens with zero attached hydrogens (tertiary/aromatic N) is 2. The van der Waals surface area contributed by atoms with Gasteiger partial charge in [0.2, 0.25) is 0 Å². The van der Waals surface area contributed by atoms with Gasteiger partial charge in [-0.05, 0) is 79.3 Å². The third-order valence-electron chi connectivity index (χ3n) is 7.68. The van der Waals surface area contributed by atoms with Gasteiger partial charge in [-0.15, -0.1) is 11.8 Å². The topological polar surface area (TPSA) is 79.1 Å². The van der Waals surface area contributed by atoms with Crippen molar-refractivity contribution in [1.29, 1.82) is 0 Å². The monoisotopic (exact) mass is 696 g/mol. The molecule has 7 nitrogen and oxygen atoms in total. The van der Waals surface area contributed by atoms with Crippen LogP contribution in [0.2, 0.25) is 5.02 Å². The second-order valence-corrected chi connectivity index (χ2v) is 13.1. The summed E-state index contributed by atoms with van der Waals surface area (Å²) in [5.74, 6) is 0.644. The lowest BCUT2D eigenvalue weighted by Gasteiger charge is -2.26. The summed E-state index contributed by atoms with van der Waals surface area (Å²) in [6.45, 7) is 4.65. The number of carbonyl (C=O) groups excluding carboxylic acids is 1. The summed E-state index contributed by atoms with van der Waals surface area (Å²) in [7, 11) is 0. The highest BCUT2D eigenvalue weighted by Crippen LogP contribution is 2.36. The Morgan fingerprint density at radius 3 is 2.38 bits per heavy atom. The minimum atomic E-state index is -0.740. The Morgan fingerprint density at radius 1 is 0.938 bits per heavy atom. The Kier molecular flexibility index (Phi) is 10.5. The van der Waals surface area contributed by atoms with Crippen molar-refractivity contribution in [2.75, 3.05) is 19.5 Å². The van der Waals surface area contributed by atoms with E-state index in [-0.39, 0.29) is 12.2 Å². The number of aromatic nitrogens is 1. The van der Waals surface area contributed by atoms with E-state index in [1.807, 2.05) is 116 Å². The summed E-state index contributed by atoms with van der Waals surface area (Å²) in [5, 5.41) is 0.664.